The fourth-order valence-electron chi connectivity index (χ4n) is 2.63. The first-order chi connectivity index (χ1) is 10.3. The van der Waals surface area contributed by atoms with E-state index >= 15 is 0 Å². The molecule has 0 atom stereocenters. The lowest BCUT2D eigenvalue weighted by Gasteiger charge is -2.21. The third-order valence-electron chi connectivity index (χ3n) is 4.17. The third-order valence-corrected chi connectivity index (χ3v) is 4.17. The minimum absolute atomic E-state index is 0.00277. The van der Waals surface area contributed by atoms with Crippen LogP contribution in [0, 0.1) is 0 Å². The summed E-state index contributed by atoms with van der Waals surface area (Å²) in [4.78, 5) is 14.6. The van der Waals surface area contributed by atoms with Crippen LogP contribution in [0.5, 0.6) is 0 Å². The van der Waals surface area contributed by atoms with Gasteiger partial charge in [0.05, 0.1) is 0 Å². The van der Waals surface area contributed by atoms with E-state index in [1.165, 1.54) is 0 Å². The smallest absolute Gasteiger partial charge is 0.276 e. The van der Waals surface area contributed by atoms with Crippen molar-refractivity contribution in [1.29, 1.82) is 0 Å². The summed E-state index contributed by atoms with van der Waals surface area (Å²) in [5.41, 5.74) is 1.61. The van der Waals surface area contributed by atoms with E-state index in [1.54, 1.807) is 0 Å². The molecule has 0 aliphatic heterocycles. The zero-order valence-electron chi connectivity index (χ0n) is 11.9. The molecule has 108 valence electrons. The molecular formula is C17H18N2O2. The average Bonchev–Trinajstić information content (AvgIpc) is 3.44. The Labute approximate surface area is 123 Å². The molecular weight excluding hydrogens is 264 g/mol. The van der Waals surface area contributed by atoms with Gasteiger partial charge in [0, 0.05) is 24.6 Å². The van der Waals surface area contributed by atoms with Crippen LogP contribution in [0.15, 0.2) is 40.9 Å². The summed E-state index contributed by atoms with van der Waals surface area (Å²) < 4.78 is 5.31. The van der Waals surface area contributed by atoms with Crippen LogP contribution in [0.1, 0.15) is 53.4 Å². The van der Waals surface area contributed by atoms with Crippen LogP contribution in [0.3, 0.4) is 0 Å². The molecule has 0 spiro atoms. The minimum atomic E-state index is -0.00277. The van der Waals surface area contributed by atoms with Crippen LogP contribution in [-0.4, -0.2) is 22.0 Å². The number of aromatic nitrogens is 1. The van der Waals surface area contributed by atoms with E-state index in [-0.39, 0.29) is 5.91 Å². The summed E-state index contributed by atoms with van der Waals surface area (Å²) in [6, 6.07) is 12.3. The molecule has 2 aromatic rings. The van der Waals surface area contributed by atoms with Crippen LogP contribution >= 0.6 is 0 Å². The normalized spacial score (nSPS) is 17.7. The molecule has 0 bridgehead atoms. The van der Waals surface area contributed by atoms with Crippen LogP contribution < -0.4 is 0 Å². The highest BCUT2D eigenvalue weighted by Gasteiger charge is 2.35. The standard InChI is InChI=1S/C17H18N2O2/c20-17(15-10-16(21-18-15)13-6-7-13)19(14-8-9-14)11-12-4-2-1-3-5-12/h1-5,10,13-14H,6-9,11H2. The first-order valence-corrected chi connectivity index (χ1v) is 7.63. The predicted molar refractivity (Wildman–Crippen MR) is 77.8 cm³/mol. The van der Waals surface area contributed by atoms with Gasteiger partial charge in [-0.3, -0.25) is 4.79 Å². The van der Waals surface area contributed by atoms with E-state index in [4.69, 9.17) is 4.52 Å². The van der Waals surface area contributed by atoms with E-state index in [1.807, 2.05) is 29.2 Å². The lowest BCUT2D eigenvalue weighted by Crippen LogP contribution is -2.32. The Morgan fingerprint density at radius 3 is 2.62 bits per heavy atom. The molecule has 1 amide bonds. The fraction of sp³-hybridized carbons (Fsp3) is 0.412. The van der Waals surface area contributed by atoms with Gasteiger partial charge < -0.3 is 9.42 Å². The highest BCUT2D eigenvalue weighted by atomic mass is 16.5. The highest BCUT2D eigenvalue weighted by molar-refractivity contribution is 5.92. The molecule has 1 heterocycles. The summed E-state index contributed by atoms with van der Waals surface area (Å²) in [5.74, 6) is 1.35. The van der Waals surface area contributed by atoms with Gasteiger partial charge in [0.1, 0.15) is 5.76 Å². The number of carbonyl (C=O) groups is 1. The monoisotopic (exact) mass is 282 g/mol. The number of nitrogens with zero attached hydrogens (tertiary/aromatic N) is 2. The second-order valence-electron chi connectivity index (χ2n) is 6.04. The van der Waals surface area contributed by atoms with Crippen molar-refractivity contribution in [3.8, 4) is 0 Å². The largest absolute Gasteiger partial charge is 0.360 e. The van der Waals surface area contributed by atoms with E-state index in [2.05, 4.69) is 17.3 Å². The van der Waals surface area contributed by atoms with E-state index < -0.39 is 0 Å². The predicted octanol–water partition coefficient (Wildman–Crippen LogP) is 3.36. The maximum Gasteiger partial charge on any atom is 0.276 e. The molecule has 0 unspecified atom stereocenters. The van der Waals surface area contributed by atoms with Crippen LogP contribution in [0.4, 0.5) is 0 Å². The highest BCUT2D eigenvalue weighted by Crippen LogP contribution is 2.40. The van der Waals surface area contributed by atoms with Crippen molar-refractivity contribution >= 4 is 5.91 Å². The molecule has 4 nitrogen and oxygen atoms in total. The lowest BCUT2D eigenvalue weighted by atomic mass is 10.2. The molecule has 2 saturated carbocycles. The van der Waals surface area contributed by atoms with Crippen molar-refractivity contribution in [3.05, 3.63) is 53.4 Å². The average molecular weight is 282 g/mol. The van der Waals surface area contributed by atoms with Gasteiger partial charge in [0.25, 0.3) is 5.91 Å². The summed E-state index contributed by atoms with van der Waals surface area (Å²) in [6.45, 7) is 0.649. The van der Waals surface area contributed by atoms with Crippen molar-refractivity contribution in [2.75, 3.05) is 0 Å². The molecule has 2 fully saturated rings. The maximum atomic E-state index is 12.7. The molecule has 1 aromatic carbocycles. The lowest BCUT2D eigenvalue weighted by molar-refractivity contribution is 0.0719. The maximum absolute atomic E-state index is 12.7. The van der Waals surface area contributed by atoms with Gasteiger partial charge in [-0.1, -0.05) is 35.5 Å². The van der Waals surface area contributed by atoms with Crippen LogP contribution in [0.25, 0.3) is 0 Å². The van der Waals surface area contributed by atoms with Gasteiger partial charge in [-0.15, -0.1) is 0 Å². The number of hydrogen-bond acceptors (Lipinski definition) is 3. The molecule has 4 rings (SSSR count). The van der Waals surface area contributed by atoms with E-state index in [9.17, 15) is 4.79 Å². The van der Waals surface area contributed by atoms with Crippen molar-refractivity contribution in [1.82, 2.24) is 10.1 Å². The van der Waals surface area contributed by atoms with E-state index in [0.29, 0.717) is 24.2 Å². The quantitative estimate of drug-likeness (QED) is 0.844. The molecule has 0 N–H and O–H groups in total. The molecule has 0 radical (unpaired) electrons. The van der Waals surface area contributed by atoms with Gasteiger partial charge in [0.2, 0.25) is 0 Å². The van der Waals surface area contributed by atoms with Crippen LogP contribution in [-0.2, 0) is 6.54 Å². The van der Waals surface area contributed by atoms with Gasteiger partial charge in [-0.05, 0) is 31.2 Å². The molecule has 2 aliphatic carbocycles. The van der Waals surface area contributed by atoms with Crippen LogP contribution in [0.2, 0.25) is 0 Å². The number of benzene rings is 1. The Hall–Kier alpha value is -2.10. The third kappa shape index (κ3) is 2.71. The van der Waals surface area contributed by atoms with E-state index in [0.717, 1.165) is 37.0 Å². The summed E-state index contributed by atoms with van der Waals surface area (Å²) in [6.07, 6.45) is 4.48. The second-order valence-corrected chi connectivity index (χ2v) is 6.04. The van der Waals surface area contributed by atoms with Crippen molar-refractivity contribution in [2.24, 2.45) is 0 Å². The zero-order chi connectivity index (χ0) is 14.2. The zero-order valence-corrected chi connectivity index (χ0v) is 11.9. The molecule has 0 saturated heterocycles. The number of hydrogen-bond donors (Lipinski definition) is 0. The molecule has 2 aliphatic rings. The summed E-state index contributed by atoms with van der Waals surface area (Å²) in [7, 11) is 0. The van der Waals surface area contributed by atoms with Crippen molar-refractivity contribution < 1.29 is 9.32 Å². The Morgan fingerprint density at radius 1 is 1.19 bits per heavy atom. The Balaban J connectivity index is 1.53. The summed E-state index contributed by atoms with van der Waals surface area (Å²) >= 11 is 0. The van der Waals surface area contributed by atoms with Crippen molar-refractivity contribution in [3.63, 3.8) is 0 Å². The minimum Gasteiger partial charge on any atom is -0.360 e. The summed E-state index contributed by atoms with van der Waals surface area (Å²) in [5, 5.41) is 3.98. The molecule has 21 heavy (non-hydrogen) atoms. The number of carbonyl (C=O) groups excluding carboxylic acids is 1. The van der Waals surface area contributed by atoms with Gasteiger partial charge >= 0.3 is 0 Å². The number of rotatable bonds is 5. The van der Waals surface area contributed by atoms with Gasteiger partial charge in [0.15, 0.2) is 5.69 Å². The Bertz CT molecular complexity index is 642. The van der Waals surface area contributed by atoms with Gasteiger partial charge in [-0.2, -0.15) is 0 Å². The Kier molecular flexibility index (Phi) is 3.02. The first-order valence-electron chi connectivity index (χ1n) is 7.63. The van der Waals surface area contributed by atoms with Crippen molar-refractivity contribution in [2.45, 2.75) is 44.2 Å². The number of amides is 1. The first kappa shape index (κ1) is 12.6. The Morgan fingerprint density at radius 2 is 1.95 bits per heavy atom. The molecule has 1 aromatic heterocycles. The second kappa shape index (κ2) is 5.02. The molecule has 4 heteroatoms. The topological polar surface area (TPSA) is 46.3 Å². The van der Waals surface area contributed by atoms with Gasteiger partial charge in [-0.25, -0.2) is 0 Å². The fourth-order valence-corrected chi connectivity index (χ4v) is 2.63. The SMILES string of the molecule is O=C(c1cc(C2CC2)on1)N(Cc1ccccc1)C1CC1.